The van der Waals surface area contributed by atoms with E-state index in [1.54, 1.807) is 0 Å². The number of hydrogen-bond donors (Lipinski definition) is 0. The molecule has 0 aromatic heterocycles. The average molecular weight is 245 g/mol. The maximum atomic E-state index is 3.00. The van der Waals surface area contributed by atoms with Crippen molar-refractivity contribution in [2.24, 2.45) is 0 Å². The first-order valence-corrected chi connectivity index (χ1v) is 7.92. The Morgan fingerprint density at radius 3 is 1.81 bits per heavy atom. The molecule has 0 aliphatic heterocycles. The highest BCUT2D eigenvalue weighted by molar-refractivity contribution is 7.17. The van der Waals surface area contributed by atoms with Crippen LogP contribution in [0.1, 0.15) is 72.1 Å². The summed E-state index contributed by atoms with van der Waals surface area (Å²) in [4.78, 5) is 2.53. The fourth-order valence-electron chi connectivity index (χ4n) is 2.19. The van der Waals surface area contributed by atoms with Gasteiger partial charge in [-0.05, 0) is 19.5 Å². The Kier molecular flexibility index (Phi) is 12.2. The van der Waals surface area contributed by atoms with Crippen molar-refractivity contribution in [2.45, 2.75) is 77.9 Å². The third-order valence-corrected chi connectivity index (χ3v) is 4.14. The first kappa shape index (κ1) is 16.4. The number of rotatable bonds is 11. The molecule has 1 nitrogen and oxygen atoms in total. The summed E-state index contributed by atoms with van der Waals surface area (Å²) in [5, 5.41) is 0. The molecule has 0 spiro atoms. The van der Waals surface area contributed by atoms with Gasteiger partial charge in [0.05, 0.1) is 0 Å². The first-order valence-electron chi connectivity index (χ1n) is 7.25. The lowest BCUT2D eigenvalue weighted by Gasteiger charge is -2.26. The highest BCUT2D eigenvalue weighted by atomic mass is 31.0. The van der Waals surface area contributed by atoms with Crippen molar-refractivity contribution in [3.63, 3.8) is 0 Å². The van der Waals surface area contributed by atoms with Gasteiger partial charge in [-0.3, -0.25) is 4.90 Å². The Morgan fingerprint density at radius 1 is 0.812 bits per heavy atom. The molecule has 0 fully saturated rings. The van der Waals surface area contributed by atoms with Gasteiger partial charge in [-0.25, -0.2) is 0 Å². The molecule has 0 aromatic carbocycles. The number of nitrogens with zero attached hydrogens (tertiary/aromatic N) is 1. The lowest BCUT2D eigenvalue weighted by atomic mass is 10.1. The van der Waals surface area contributed by atoms with Gasteiger partial charge in [-0.15, -0.1) is 9.24 Å². The zero-order valence-corrected chi connectivity index (χ0v) is 12.8. The van der Waals surface area contributed by atoms with Gasteiger partial charge in [0.15, 0.2) is 0 Å². The van der Waals surface area contributed by atoms with Crippen LogP contribution < -0.4 is 0 Å². The van der Waals surface area contributed by atoms with E-state index in [4.69, 9.17) is 0 Å². The second kappa shape index (κ2) is 11.9. The van der Waals surface area contributed by atoms with Crippen LogP contribution in [0.2, 0.25) is 0 Å². The van der Waals surface area contributed by atoms with Crippen molar-refractivity contribution in [3.8, 4) is 0 Å². The van der Waals surface area contributed by atoms with Crippen LogP contribution in [0, 0.1) is 0 Å². The summed E-state index contributed by atoms with van der Waals surface area (Å²) in [6.07, 6.45) is 11.3. The van der Waals surface area contributed by atoms with E-state index < -0.39 is 0 Å². The van der Waals surface area contributed by atoms with Gasteiger partial charge < -0.3 is 0 Å². The Hall–Kier alpha value is 0.390. The average Bonchev–Trinajstić information content (AvgIpc) is 2.29. The SMILES string of the molecule is CCCCCCCCCC(P)N(CC)CC. The zero-order chi connectivity index (χ0) is 12.2. The standard InChI is InChI=1S/C14H32NP/c1-4-7-8-9-10-11-12-13-14(16)15(5-2)6-3/h14H,4-13,16H2,1-3H3. The summed E-state index contributed by atoms with van der Waals surface area (Å²) < 4.78 is 0. The van der Waals surface area contributed by atoms with Gasteiger partial charge in [0.1, 0.15) is 0 Å². The minimum atomic E-state index is 0.700. The Labute approximate surface area is 106 Å². The van der Waals surface area contributed by atoms with Gasteiger partial charge in [0, 0.05) is 5.78 Å². The molecule has 0 aliphatic rings. The van der Waals surface area contributed by atoms with E-state index in [1.165, 1.54) is 64.5 Å². The van der Waals surface area contributed by atoms with Crippen LogP contribution in [0.3, 0.4) is 0 Å². The summed E-state index contributed by atoms with van der Waals surface area (Å²) in [6.45, 7) is 9.15. The maximum absolute atomic E-state index is 3.00. The van der Waals surface area contributed by atoms with Crippen molar-refractivity contribution < 1.29 is 0 Å². The number of unbranched alkanes of at least 4 members (excludes halogenated alkanes) is 6. The van der Waals surface area contributed by atoms with E-state index in [2.05, 4.69) is 34.9 Å². The highest BCUT2D eigenvalue weighted by Crippen LogP contribution is 2.16. The normalized spacial score (nSPS) is 13.3. The Balaban J connectivity index is 3.30. The summed E-state index contributed by atoms with van der Waals surface area (Å²) in [7, 11) is 3.00. The zero-order valence-electron chi connectivity index (χ0n) is 11.7. The van der Waals surface area contributed by atoms with E-state index in [1.807, 2.05) is 0 Å². The topological polar surface area (TPSA) is 3.24 Å². The van der Waals surface area contributed by atoms with E-state index in [-0.39, 0.29) is 0 Å². The quantitative estimate of drug-likeness (QED) is 0.378. The molecule has 16 heavy (non-hydrogen) atoms. The molecule has 0 amide bonds. The van der Waals surface area contributed by atoms with Gasteiger partial charge >= 0.3 is 0 Å². The fraction of sp³-hybridized carbons (Fsp3) is 1.00. The molecule has 2 heteroatoms. The van der Waals surface area contributed by atoms with Crippen molar-refractivity contribution >= 4 is 9.24 Å². The van der Waals surface area contributed by atoms with Crippen LogP contribution >= 0.6 is 9.24 Å². The van der Waals surface area contributed by atoms with Crippen molar-refractivity contribution in [3.05, 3.63) is 0 Å². The maximum Gasteiger partial charge on any atom is 0.0239 e. The van der Waals surface area contributed by atoms with Crippen LogP contribution in [0.15, 0.2) is 0 Å². The second-order valence-electron chi connectivity index (χ2n) is 4.70. The number of hydrogen-bond acceptors (Lipinski definition) is 1. The molecule has 0 saturated heterocycles. The monoisotopic (exact) mass is 245 g/mol. The van der Waals surface area contributed by atoms with E-state index in [0.29, 0.717) is 5.78 Å². The van der Waals surface area contributed by atoms with Crippen molar-refractivity contribution in [1.82, 2.24) is 4.90 Å². The highest BCUT2D eigenvalue weighted by Gasteiger charge is 2.08. The summed E-state index contributed by atoms with van der Waals surface area (Å²) >= 11 is 0. The third kappa shape index (κ3) is 8.53. The fourth-order valence-corrected chi connectivity index (χ4v) is 2.84. The van der Waals surface area contributed by atoms with Gasteiger partial charge in [-0.1, -0.05) is 65.7 Å². The molecule has 0 rings (SSSR count). The third-order valence-electron chi connectivity index (χ3n) is 3.38. The molecular weight excluding hydrogens is 213 g/mol. The van der Waals surface area contributed by atoms with Crippen LogP contribution in [0.25, 0.3) is 0 Å². The minimum absolute atomic E-state index is 0.700. The van der Waals surface area contributed by atoms with Gasteiger partial charge in [-0.2, -0.15) is 0 Å². The molecule has 98 valence electrons. The van der Waals surface area contributed by atoms with Crippen LogP contribution in [0.5, 0.6) is 0 Å². The van der Waals surface area contributed by atoms with Crippen molar-refractivity contribution in [2.75, 3.05) is 13.1 Å². The minimum Gasteiger partial charge on any atom is -0.298 e. The predicted molar refractivity (Wildman–Crippen MR) is 79.0 cm³/mol. The molecule has 0 heterocycles. The molecule has 0 aromatic rings. The van der Waals surface area contributed by atoms with Gasteiger partial charge in [0.25, 0.3) is 0 Å². The summed E-state index contributed by atoms with van der Waals surface area (Å²) in [5.41, 5.74) is 0. The lowest BCUT2D eigenvalue weighted by molar-refractivity contribution is 0.269. The van der Waals surface area contributed by atoms with E-state index >= 15 is 0 Å². The molecular formula is C14H32NP. The molecule has 0 aliphatic carbocycles. The largest absolute Gasteiger partial charge is 0.298 e. The van der Waals surface area contributed by atoms with Crippen molar-refractivity contribution in [1.29, 1.82) is 0 Å². The summed E-state index contributed by atoms with van der Waals surface area (Å²) in [5.74, 6) is 0.700. The van der Waals surface area contributed by atoms with Crippen LogP contribution in [0.4, 0.5) is 0 Å². The molecule has 0 N–H and O–H groups in total. The van der Waals surface area contributed by atoms with Crippen LogP contribution in [-0.2, 0) is 0 Å². The van der Waals surface area contributed by atoms with Gasteiger partial charge in [0.2, 0.25) is 0 Å². The predicted octanol–water partition coefficient (Wildman–Crippen LogP) is 4.67. The van der Waals surface area contributed by atoms with E-state index in [0.717, 1.165) is 0 Å². The molecule has 0 saturated carbocycles. The molecule has 0 radical (unpaired) electrons. The molecule has 0 bridgehead atoms. The Morgan fingerprint density at radius 2 is 1.31 bits per heavy atom. The van der Waals surface area contributed by atoms with E-state index in [9.17, 15) is 0 Å². The van der Waals surface area contributed by atoms with Crippen LogP contribution in [-0.4, -0.2) is 23.8 Å². The second-order valence-corrected chi connectivity index (χ2v) is 5.47. The smallest absolute Gasteiger partial charge is 0.0239 e. The first-order chi connectivity index (χ1) is 7.76. The summed E-state index contributed by atoms with van der Waals surface area (Å²) in [6, 6.07) is 0. The Bertz CT molecular complexity index is 135. The lowest BCUT2D eigenvalue weighted by Crippen LogP contribution is -2.30. The molecule has 2 unspecified atom stereocenters. The molecule has 2 atom stereocenters.